The minimum absolute atomic E-state index is 0.00957. The Balaban J connectivity index is 2.31. The van der Waals surface area contributed by atoms with Crippen LogP contribution < -0.4 is 10.6 Å². The van der Waals surface area contributed by atoms with Gasteiger partial charge in [0.25, 0.3) is 0 Å². The number of carboxylic acid groups (broad SMARTS) is 1. The summed E-state index contributed by atoms with van der Waals surface area (Å²) >= 11 is 0. The summed E-state index contributed by atoms with van der Waals surface area (Å²) in [6.45, 7) is 4.05. The van der Waals surface area contributed by atoms with E-state index in [4.69, 9.17) is 5.11 Å². The quantitative estimate of drug-likeness (QED) is 0.613. The molecule has 0 fully saturated rings. The van der Waals surface area contributed by atoms with Gasteiger partial charge in [-0.25, -0.2) is 4.79 Å². The average Bonchev–Trinajstić information content (AvgIpc) is 2.39. The molecule has 0 aromatic heterocycles. The molecule has 0 heterocycles. The van der Waals surface area contributed by atoms with Crippen molar-refractivity contribution in [3.8, 4) is 0 Å². The molecule has 0 aliphatic rings. The third kappa shape index (κ3) is 6.01. The van der Waals surface area contributed by atoms with Crippen LogP contribution in [0.2, 0.25) is 0 Å². The van der Waals surface area contributed by atoms with Gasteiger partial charge in [-0.15, -0.1) is 0 Å². The summed E-state index contributed by atoms with van der Waals surface area (Å²) in [5.41, 5.74) is 1.18. The van der Waals surface area contributed by atoms with Crippen molar-refractivity contribution in [2.45, 2.75) is 19.8 Å². The maximum absolute atomic E-state index is 11.4. The number of amides is 1. The maximum atomic E-state index is 11.4. The van der Waals surface area contributed by atoms with Crippen LogP contribution in [0.25, 0.3) is 0 Å². The van der Waals surface area contributed by atoms with Crippen molar-refractivity contribution in [3.63, 3.8) is 0 Å². The fourth-order valence-electron chi connectivity index (χ4n) is 1.67. The van der Waals surface area contributed by atoms with Crippen LogP contribution in [0.4, 0.5) is 0 Å². The Kier molecular flexibility index (Phi) is 6.60. The molecular weight excluding hydrogens is 244 g/mol. The lowest BCUT2D eigenvalue weighted by Crippen LogP contribution is -2.29. The van der Waals surface area contributed by atoms with E-state index >= 15 is 0 Å². The Morgan fingerprint density at radius 3 is 2.74 bits per heavy atom. The molecule has 0 saturated carbocycles. The zero-order valence-corrected chi connectivity index (χ0v) is 11.1. The molecule has 0 spiro atoms. The number of benzene rings is 1. The first-order chi connectivity index (χ1) is 9.13. The zero-order valence-electron chi connectivity index (χ0n) is 11.1. The van der Waals surface area contributed by atoms with E-state index in [0.29, 0.717) is 25.9 Å². The van der Waals surface area contributed by atoms with Gasteiger partial charge in [-0.3, -0.25) is 4.79 Å². The summed E-state index contributed by atoms with van der Waals surface area (Å²) in [4.78, 5) is 22.2. The molecule has 0 atom stereocenters. The fraction of sp³-hybridized carbons (Fsp3) is 0.429. The van der Waals surface area contributed by atoms with E-state index in [1.54, 1.807) is 18.2 Å². The van der Waals surface area contributed by atoms with E-state index in [0.717, 1.165) is 12.1 Å². The fourth-order valence-corrected chi connectivity index (χ4v) is 1.67. The van der Waals surface area contributed by atoms with Gasteiger partial charge in [-0.05, 0) is 30.7 Å². The number of carbonyl (C=O) groups is 2. The van der Waals surface area contributed by atoms with E-state index in [-0.39, 0.29) is 11.5 Å². The Labute approximate surface area is 113 Å². The minimum atomic E-state index is -0.934. The smallest absolute Gasteiger partial charge is 0.335 e. The molecule has 0 bridgehead atoms. The van der Waals surface area contributed by atoms with Gasteiger partial charge in [-0.2, -0.15) is 0 Å². The number of carboxylic acids is 1. The number of hydrogen-bond donors (Lipinski definition) is 3. The normalized spacial score (nSPS) is 10.2. The van der Waals surface area contributed by atoms with Gasteiger partial charge in [0, 0.05) is 19.5 Å². The van der Waals surface area contributed by atoms with Crippen LogP contribution in [0.1, 0.15) is 29.3 Å². The highest BCUT2D eigenvalue weighted by Gasteiger charge is 2.04. The lowest BCUT2D eigenvalue weighted by molar-refractivity contribution is -0.120. The average molecular weight is 264 g/mol. The number of aromatic carboxylic acids is 1. The first kappa shape index (κ1) is 15.2. The topological polar surface area (TPSA) is 78.4 Å². The minimum Gasteiger partial charge on any atom is -0.478 e. The maximum Gasteiger partial charge on any atom is 0.335 e. The third-order valence-electron chi connectivity index (χ3n) is 2.69. The van der Waals surface area contributed by atoms with E-state index in [9.17, 15) is 9.59 Å². The summed E-state index contributed by atoms with van der Waals surface area (Å²) < 4.78 is 0. The first-order valence-electron chi connectivity index (χ1n) is 6.43. The van der Waals surface area contributed by atoms with Crippen LogP contribution >= 0.6 is 0 Å². The molecule has 1 rings (SSSR count). The predicted molar refractivity (Wildman–Crippen MR) is 73.3 cm³/mol. The molecule has 104 valence electrons. The number of carbonyl (C=O) groups excluding carboxylic acids is 1. The Bertz CT molecular complexity index is 432. The predicted octanol–water partition coefficient (Wildman–Crippen LogP) is 1.04. The summed E-state index contributed by atoms with van der Waals surface area (Å²) in [5, 5.41) is 14.8. The van der Waals surface area contributed by atoms with E-state index in [1.165, 1.54) is 0 Å². The molecule has 0 aliphatic heterocycles. The molecular formula is C14H20N2O3. The number of hydrogen-bond acceptors (Lipinski definition) is 3. The third-order valence-corrected chi connectivity index (χ3v) is 2.69. The molecule has 3 N–H and O–H groups in total. The molecule has 1 amide bonds. The van der Waals surface area contributed by atoms with Crippen molar-refractivity contribution in [1.82, 2.24) is 10.6 Å². The molecule has 1 aromatic rings. The van der Waals surface area contributed by atoms with Crippen LogP contribution in [0, 0.1) is 0 Å². The van der Waals surface area contributed by atoms with Crippen LogP contribution in [0.3, 0.4) is 0 Å². The van der Waals surface area contributed by atoms with Crippen LogP contribution in [0.15, 0.2) is 24.3 Å². The van der Waals surface area contributed by atoms with Crippen LogP contribution in [-0.4, -0.2) is 36.6 Å². The molecule has 0 unspecified atom stereocenters. The number of rotatable bonds is 8. The van der Waals surface area contributed by atoms with Crippen LogP contribution in [-0.2, 0) is 11.2 Å². The molecule has 0 aliphatic carbocycles. The second-order valence-corrected chi connectivity index (χ2v) is 4.21. The monoisotopic (exact) mass is 264 g/mol. The van der Waals surface area contributed by atoms with Gasteiger partial charge in [0.1, 0.15) is 0 Å². The molecule has 5 heteroatoms. The molecule has 19 heavy (non-hydrogen) atoms. The van der Waals surface area contributed by atoms with Crippen molar-refractivity contribution in [2.24, 2.45) is 0 Å². The first-order valence-corrected chi connectivity index (χ1v) is 6.43. The summed E-state index contributed by atoms with van der Waals surface area (Å²) in [5.74, 6) is -0.924. The van der Waals surface area contributed by atoms with Gasteiger partial charge < -0.3 is 15.7 Å². The van der Waals surface area contributed by atoms with Crippen LogP contribution in [0.5, 0.6) is 0 Å². The van der Waals surface area contributed by atoms with E-state index in [2.05, 4.69) is 10.6 Å². The SMILES string of the molecule is CCNCCC(=O)NCCc1cccc(C(=O)O)c1. The summed E-state index contributed by atoms with van der Waals surface area (Å²) in [6, 6.07) is 6.76. The lowest BCUT2D eigenvalue weighted by atomic mass is 10.1. The Morgan fingerprint density at radius 1 is 1.26 bits per heavy atom. The van der Waals surface area contributed by atoms with Gasteiger partial charge in [0.05, 0.1) is 5.56 Å². The van der Waals surface area contributed by atoms with Crippen molar-refractivity contribution < 1.29 is 14.7 Å². The Hall–Kier alpha value is -1.88. The van der Waals surface area contributed by atoms with E-state index < -0.39 is 5.97 Å². The van der Waals surface area contributed by atoms with Gasteiger partial charge in [0.2, 0.25) is 5.91 Å². The summed E-state index contributed by atoms with van der Waals surface area (Å²) in [6.07, 6.45) is 1.09. The van der Waals surface area contributed by atoms with Gasteiger partial charge in [0.15, 0.2) is 0 Å². The lowest BCUT2D eigenvalue weighted by Gasteiger charge is -2.06. The van der Waals surface area contributed by atoms with Crippen molar-refractivity contribution >= 4 is 11.9 Å². The molecule has 0 radical (unpaired) electrons. The highest BCUT2D eigenvalue weighted by Crippen LogP contribution is 2.05. The summed E-state index contributed by atoms with van der Waals surface area (Å²) in [7, 11) is 0. The second kappa shape index (κ2) is 8.26. The number of nitrogens with one attached hydrogen (secondary N) is 2. The molecule has 5 nitrogen and oxygen atoms in total. The standard InChI is InChI=1S/C14H20N2O3/c1-2-15-8-7-13(17)16-9-6-11-4-3-5-12(10-11)14(18)19/h3-5,10,15H,2,6-9H2,1H3,(H,16,17)(H,18,19). The second-order valence-electron chi connectivity index (χ2n) is 4.21. The molecule has 0 saturated heterocycles. The zero-order chi connectivity index (χ0) is 14.1. The van der Waals surface area contributed by atoms with Crippen molar-refractivity contribution in [2.75, 3.05) is 19.6 Å². The van der Waals surface area contributed by atoms with Crippen molar-refractivity contribution in [3.05, 3.63) is 35.4 Å². The highest BCUT2D eigenvalue weighted by atomic mass is 16.4. The van der Waals surface area contributed by atoms with Crippen molar-refractivity contribution in [1.29, 1.82) is 0 Å². The largest absolute Gasteiger partial charge is 0.478 e. The van der Waals surface area contributed by atoms with Gasteiger partial charge >= 0.3 is 5.97 Å². The Morgan fingerprint density at radius 2 is 2.05 bits per heavy atom. The van der Waals surface area contributed by atoms with E-state index in [1.807, 2.05) is 13.0 Å². The molecule has 1 aromatic carbocycles. The van der Waals surface area contributed by atoms with Gasteiger partial charge in [-0.1, -0.05) is 19.1 Å². The highest BCUT2D eigenvalue weighted by molar-refractivity contribution is 5.87.